The molecule has 1 atom stereocenters. The molecule has 20 heavy (non-hydrogen) atoms. The lowest BCUT2D eigenvalue weighted by Gasteiger charge is -2.32. The van der Waals surface area contributed by atoms with E-state index in [1.165, 1.54) is 37.7 Å². The summed E-state index contributed by atoms with van der Waals surface area (Å²) in [5.41, 5.74) is 1.18. The second kappa shape index (κ2) is 7.68. The molecule has 1 N–H and O–H groups in total. The van der Waals surface area contributed by atoms with Crippen molar-refractivity contribution in [2.24, 2.45) is 5.92 Å². The Morgan fingerprint density at radius 1 is 1.15 bits per heavy atom. The smallest absolute Gasteiger partial charge is 0.0468 e. The molecule has 1 aromatic rings. The van der Waals surface area contributed by atoms with Gasteiger partial charge < -0.3 is 5.32 Å². The molecule has 1 aromatic carbocycles. The van der Waals surface area contributed by atoms with Gasteiger partial charge in [0.15, 0.2) is 0 Å². The summed E-state index contributed by atoms with van der Waals surface area (Å²) in [6.45, 7) is 4.51. The topological polar surface area (TPSA) is 12.0 Å². The molecule has 2 rings (SSSR count). The van der Waals surface area contributed by atoms with Crippen molar-refractivity contribution < 1.29 is 0 Å². The Hall–Kier alpha value is -0.240. The van der Waals surface area contributed by atoms with E-state index >= 15 is 0 Å². The van der Waals surface area contributed by atoms with Crippen molar-refractivity contribution in [2.45, 2.75) is 64.5 Å². The van der Waals surface area contributed by atoms with Crippen LogP contribution in [0.2, 0.25) is 10.0 Å². The van der Waals surface area contributed by atoms with Gasteiger partial charge in [0.05, 0.1) is 0 Å². The first-order valence-corrected chi connectivity index (χ1v) is 8.60. The molecule has 1 aliphatic rings. The van der Waals surface area contributed by atoms with Gasteiger partial charge in [0.1, 0.15) is 0 Å². The van der Waals surface area contributed by atoms with Crippen LogP contribution in [0.1, 0.15) is 64.0 Å². The lowest BCUT2D eigenvalue weighted by Crippen LogP contribution is -2.35. The Balaban J connectivity index is 1.99. The van der Waals surface area contributed by atoms with Crippen LogP contribution in [-0.4, -0.2) is 6.04 Å². The molecule has 0 bridgehead atoms. The molecular formula is C17H25Cl2N. The Kier molecular flexibility index (Phi) is 6.20. The molecule has 1 aliphatic carbocycles. The summed E-state index contributed by atoms with van der Waals surface area (Å²) >= 11 is 12.3. The summed E-state index contributed by atoms with van der Waals surface area (Å²) in [5.74, 6) is 0.937. The van der Waals surface area contributed by atoms with Crippen LogP contribution in [0, 0.1) is 5.92 Å². The van der Waals surface area contributed by atoms with E-state index in [4.69, 9.17) is 23.2 Å². The van der Waals surface area contributed by atoms with E-state index in [1.807, 2.05) is 12.1 Å². The molecule has 1 unspecified atom stereocenters. The van der Waals surface area contributed by atoms with Gasteiger partial charge in [0.2, 0.25) is 0 Å². The van der Waals surface area contributed by atoms with Gasteiger partial charge in [-0.2, -0.15) is 0 Å². The maximum Gasteiger partial charge on any atom is 0.0468 e. The molecule has 1 fully saturated rings. The quantitative estimate of drug-likeness (QED) is 0.702. The van der Waals surface area contributed by atoms with Crippen LogP contribution in [0.5, 0.6) is 0 Å². The molecule has 0 aliphatic heterocycles. The maximum absolute atomic E-state index is 6.34. The van der Waals surface area contributed by atoms with Crippen LogP contribution < -0.4 is 5.32 Å². The molecule has 0 radical (unpaired) electrons. The number of nitrogens with one attached hydrogen (secondary N) is 1. The third kappa shape index (κ3) is 4.13. The van der Waals surface area contributed by atoms with Gasteiger partial charge in [-0.25, -0.2) is 0 Å². The van der Waals surface area contributed by atoms with Gasteiger partial charge in [-0.3, -0.25) is 0 Å². The zero-order valence-corrected chi connectivity index (χ0v) is 14.0. The highest BCUT2D eigenvalue weighted by Gasteiger charge is 2.23. The molecule has 0 spiro atoms. The summed E-state index contributed by atoms with van der Waals surface area (Å²) in [5, 5.41) is 5.28. The van der Waals surface area contributed by atoms with E-state index in [1.54, 1.807) is 0 Å². The number of hydrogen-bond acceptors (Lipinski definition) is 1. The van der Waals surface area contributed by atoms with Gasteiger partial charge in [-0.1, -0.05) is 49.5 Å². The molecular weight excluding hydrogens is 289 g/mol. The highest BCUT2D eigenvalue weighted by Crippen LogP contribution is 2.31. The largest absolute Gasteiger partial charge is 0.307 e. The van der Waals surface area contributed by atoms with Crippen molar-refractivity contribution in [3.05, 3.63) is 33.8 Å². The maximum atomic E-state index is 6.34. The minimum atomic E-state index is 0.336. The fourth-order valence-corrected chi connectivity index (χ4v) is 3.77. The van der Waals surface area contributed by atoms with E-state index in [9.17, 15) is 0 Å². The van der Waals surface area contributed by atoms with Gasteiger partial charge >= 0.3 is 0 Å². The van der Waals surface area contributed by atoms with Crippen LogP contribution >= 0.6 is 23.2 Å². The first-order chi connectivity index (χ1) is 9.63. The number of benzene rings is 1. The van der Waals surface area contributed by atoms with Crippen molar-refractivity contribution in [3.63, 3.8) is 0 Å². The van der Waals surface area contributed by atoms with Crippen molar-refractivity contribution in [2.75, 3.05) is 0 Å². The Morgan fingerprint density at radius 2 is 1.85 bits per heavy atom. The van der Waals surface area contributed by atoms with Gasteiger partial charge in [0, 0.05) is 22.1 Å². The average molecular weight is 314 g/mol. The van der Waals surface area contributed by atoms with Crippen LogP contribution in [0.4, 0.5) is 0 Å². The van der Waals surface area contributed by atoms with Crippen molar-refractivity contribution in [3.8, 4) is 0 Å². The van der Waals surface area contributed by atoms with E-state index in [-0.39, 0.29) is 0 Å². The van der Waals surface area contributed by atoms with Crippen LogP contribution in [0.25, 0.3) is 0 Å². The van der Waals surface area contributed by atoms with Crippen molar-refractivity contribution in [1.29, 1.82) is 0 Å². The Bertz CT molecular complexity index is 425. The highest BCUT2D eigenvalue weighted by molar-refractivity contribution is 6.35. The van der Waals surface area contributed by atoms with Gasteiger partial charge in [-0.15, -0.1) is 0 Å². The second-order valence-electron chi connectivity index (χ2n) is 5.92. The molecule has 112 valence electrons. The molecule has 1 saturated carbocycles. The van der Waals surface area contributed by atoms with Gasteiger partial charge in [-0.05, 0) is 55.7 Å². The minimum Gasteiger partial charge on any atom is -0.307 e. The van der Waals surface area contributed by atoms with E-state index in [0.29, 0.717) is 17.1 Å². The number of rotatable bonds is 5. The van der Waals surface area contributed by atoms with Gasteiger partial charge in [0.25, 0.3) is 0 Å². The zero-order valence-electron chi connectivity index (χ0n) is 12.5. The fraction of sp³-hybridized carbons (Fsp3) is 0.647. The first kappa shape index (κ1) is 16.1. The second-order valence-corrected chi connectivity index (χ2v) is 6.76. The zero-order chi connectivity index (χ0) is 14.5. The lowest BCUT2D eigenvalue weighted by molar-refractivity contribution is 0.267. The predicted molar refractivity (Wildman–Crippen MR) is 88.7 cm³/mol. The average Bonchev–Trinajstić information content (AvgIpc) is 2.46. The van der Waals surface area contributed by atoms with E-state index < -0.39 is 0 Å². The SMILES string of the molecule is CCC1CCC(NC(CC)c2ccc(Cl)cc2Cl)CC1. The highest BCUT2D eigenvalue weighted by atomic mass is 35.5. The summed E-state index contributed by atoms with van der Waals surface area (Å²) in [6.07, 6.45) is 7.68. The molecule has 0 amide bonds. The monoisotopic (exact) mass is 313 g/mol. The normalized spacial score (nSPS) is 24.6. The summed E-state index contributed by atoms with van der Waals surface area (Å²) in [6, 6.07) is 6.80. The van der Waals surface area contributed by atoms with Crippen LogP contribution in [0.3, 0.4) is 0 Å². The summed E-state index contributed by atoms with van der Waals surface area (Å²) < 4.78 is 0. The fourth-order valence-electron chi connectivity index (χ4n) is 3.23. The molecule has 0 saturated heterocycles. The lowest BCUT2D eigenvalue weighted by atomic mass is 9.84. The summed E-state index contributed by atoms with van der Waals surface area (Å²) in [7, 11) is 0. The minimum absolute atomic E-state index is 0.336. The summed E-state index contributed by atoms with van der Waals surface area (Å²) in [4.78, 5) is 0. The van der Waals surface area contributed by atoms with E-state index in [0.717, 1.165) is 17.4 Å². The first-order valence-electron chi connectivity index (χ1n) is 7.85. The van der Waals surface area contributed by atoms with Crippen molar-refractivity contribution >= 4 is 23.2 Å². The van der Waals surface area contributed by atoms with Crippen LogP contribution in [-0.2, 0) is 0 Å². The van der Waals surface area contributed by atoms with Crippen molar-refractivity contribution in [1.82, 2.24) is 5.32 Å². The third-order valence-electron chi connectivity index (χ3n) is 4.61. The third-order valence-corrected chi connectivity index (χ3v) is 5.17. The molecule has 0 heterocycles. The number of hydrogen-bond donors (Lipinski definition) is 1. The predicted octanol–water partition coefficient (Wildman–Crippen LogP) is 6.00. The molecule has 3 heteroatoms. The molecule has 0 aromatic heterocycles. The van der Waals surface area contributed by atoms with E-state index in [2.05, 4.69) is 25.2 Å². The Labute approximate surface area is 133 Å². The Morgan fingerprint density at radius 3 is 2.40 bits per heavy atom. The standard InChI is InChI=1S/C17H25Cl2N/c1-3-12-5-8-14(9-6-12)20-17(4-2)15-10-7-13(18)11-16(15)19/h7,10-12,14,17,20H,3-6,8-9H2,1-2H3. The molecule has 1 nitrogen and oxygen atoms in total. The van der Waals surface area contributed by atoms with Crippen LogP contribution in [0.15, 0.2) is 18.2 Å². The number of halogens is 2.